The molecule has 0 aliphatic heterocycles. The van der Waals surface area contributed by atoms with Gasteiger partial charge >= 0.3 is 0 Å². The van der Waals surface area contributed by atoms with Crippen LogP contribution in [0.4, 0.5) is 5.69 Å². The van der Waals surface area contributed by atoms with Gasteiger partial charge in [0.15, 0.2) is 0 Å². The van der Waals surface area contributed by atoms with Crippen LogP contribution in [0.3, 0.4) is 0 Å². The summed E-state index contributed by atoms with van der Waals surface area (Å²) in [6.45, 7) is 0. The molecule has 4 nitrogen and oxygen atoms in total. The second kappa shape index (κ2) is 4.44. The van der Waals surface area contributed by atoms with E-state index in [1.807, 2.05) is 0 Å². The minimum atomic E-state index is 0.0409. The van der Waals surface area contributed by atoms with Crippen molar-refractivity contribution < 1.29 is 0 Å². The second-order valence-electron chi connectivity index (χ2n) is 5.03. The van der Waals surface area contributed by atoms with Crippen LogP contribution in [0, 0.1) is 0 Å². The first-order chi connectivity index (χ1) is 8.75. The van der Waals surface area contributed by atoms with Crippen molar-refractivity contribution >= 4 is 16.6 Å². The van der Waals surface area contributed by atoms with Gasteiger partial charge in [0.2, 0.25) is 0 Å². The van der Waals surface area contributed by atoms with Crippen LogP contribution >= 0.6 is 0 Å². The number of fused-ring (bicyclic) bond motifs is 1. The van der Waals surface area contributed by atoms with E-state index in [1.165, 1.54) is 19.3 Å². The standard InChI is InChI=1S/C14H17N3O/c15-10-6-7-13-12(8-10)14(18)17(9-16-13)11-4-2-1-3-5-11/h6-9,11H,1-5,15H2. The van der Waals surface area contributed by atoms with E-state index in [0.717, 1.165) is 18.4 Å². The maximum atomic E-state index is 12.4. The SMILES string of the molecule is Nc1ccc2ncn(C3CCCCC3)c(=O)c2c1. The molecule has 0 amide bonds. The summed E-state index contributed by atoms with van der Waals surface area (Å²) in [5.41, 5.74) is 7.12. The van der Waals surface area contributed by atoms with E-state index in [9.17, 15) is 4.79 Å². The lowest BCUT2D eigenvalue weighted by Crippen LogP contribution is -2.26. The van der Waals surface area contributed by atoms with Crippen LogP contribution in [0.15, 0.2) is 29.3 Å². The summed E-state index contributed by atoms with van der Waals surface area (Å²) < 4.78 is 1.79. The van der Waals surface area contributed by atoms with Gasteiger partial charge in [0.05, 0.1) is 17.2 Å². The Hall–Kier alpha value is -1.84. The Morgan fingerprint density at radius 3 is 2.78 bits per heavy atom. The molecule has 1 fully saturated rings. The Morgan fingerprint density at radius 1 is 1.22 bits per heavy atom. The molecule has 0 bridgehead atoms. The Labute approximate surface area is 105 Å². The zero-order valence-electron chi connectivity index (χ0n) is 10.3. The van der Waals surface area contributed by atoms with Crippen molar-refractivity contribution in [2.45, 2.75) is 38.1 Å². The van der Waals surface area contributed by atoms with Gasteiger partial charge in [0.25, 0.3) is 5.56 Å². The molecule has 1 aromatic carbocycles. The molecule has 0 unspecified atom stereocenters. The molecule has 2 aromatic rings. The second-order valence-corrected chi connectivity index (χ2v) is 5.03. The molecule has 0 spiro atoms. The van der Waals surface area contributed by atoms with Crippen molar-refractivity contribution in [1.82, 2.24) is 9.55 Å². The van der Waals surface area contributed by atoms with Gasteiger partial charge in [-0.2, -0.15) is 0 Å². The summed E-state index contributed by atoms with van der Waals surface area (Å²) in [4.78, 5) is 16.8. The van der Waals surface area contributed by atoms with Gasteiger partial charge in [0.1, 0.15) is 0 Å². The fourth-order valence-electron chi connectivity index (χ4n) is 2.77. The normalized spacial score (nSPS) is 17.1. The highest BCUT2D eigenvalue weighted by molar-refractivity contribution is 5.80. The third kappa shape index (κ3) is 1.88. The quantitative estimate of drug-likeness (QED) is 0.783. The maximum absolute atomic E-state index is 12.4. The summed E-state index contributed by atoms with van der Waals surface area (Å²) in [7, 11) is 0. The number of benzene rings is 1. The van der Waals surface area contributed by atoms with Gasteiger partial charge < -0.3 is 5.73 Å². The van der Waals surface area contributed by atoms with Crippen molar-refractivity contribution in [3.05, 3.63) is 34.9 Å². The molecule has 1 aromatic heterocycles. The van der Waals surface area contributed by atoms with E-state index < -0.39 is 0 Å². The first kappa shape index (κ1) is 11.3. The van der Waals surface area contributed by atoms with Crippen LogP contribution in [0.2, 0.25) is 0 Å². The number of nitrogen functional groups attached to an aromatic ring is 1. The number of rotatable bonds is 1. The molecular weight excluding hydrogens is 226 g/mol. The monoisotopic (exact) mass is 243 g/mol. The van der Waals surface area contributed by atoms with E-state index in [1.54, 1.807) is 29.1 Å². The van der Waals surface area contributed by atoms with Gasteiger partial charge in [-0.3, -0.25) is 9.36 Å². The number of nitrogens with two attached hydrogens (primary N) is 1. The highest BCUT2D eigenvalue weighted by atomic mass is 16.1. The molecule has 3 rings (SSSR count). The summed E-state index contributed by atoms with van der Waals surface area (Å²) in [5, 5.41) is 0.628. The zero-order valence-corrected chi connectivity index (χ0v) is 10.3. The predicted molar refractivity (Wildman–Crippen MR) is 72.5 cm³/mol. The van der Waals surface area contributed by atoms with Crippen molar-refractivity contribution in [2.24, 2.45) is 0 Å². The lowest BCUT2D eigenvalue weighted by atomic mass is 9.95. The highest BCUT2D eigenvalue weighted by Gasteiger charge is 2.17. The molecule has 1 aliphatic carbocycles. The molecule has 0 radical (unpaired) electrons. The van der Waals surface area contributed by atoms with Gasteiger partial charge in [-0.25, -0.2) is 4.98 Å². The molecule has 1 heterocycles. The van der Waals surface area contributed by atoms with Crippen LogP contribution in [0.1, 0.15) is 38.1 Å². The van der Waals surface area contributed by atoms with Crippen LogP contribution in [-0.4, -0.2) is 9.55 Å². The molecule has 2 N–H and O–H groups in total. The summed E-state index contributed by atoms with van der Waals surface area (Å²) in [5.74, 6) is 0. The number of anilines is 1. The predicted octanol–water partition coefficient (Wildman–Crippen LogP) is 2.48. The summed E-state index contributed by atoms with van der Waals surface area (Å²) in [6, 6.07) is 5.62. The van der Waals surface area contributed by atoms with Crippen molar-refractivity contribution in [2.75, 3.05) is 5.73 Å². The van der Waals surface area contributed by atoms with Crippen molar-refractivity contribution in [3.8, 4) is 0 Å². The van der Waals surface area contributed by atoms with E-state index in [-0.39, 0.29) is 5.56 Å². The van der Waals surface area contributed by atoms with Gasteiger partial charge in [-0.05, 0) is 31.0 Å². The third-order valence-electron chi connectivity index (χ3n) is 3.77. The van der Waals surface area contributed by atoms with Gasteiger partial charge in [0, 0.05) is 11.7 Å². The fourth-order valence-corrected chi connectivity index (χ4v) is 2.77. The highest BCUT2D eigenvalue weighted by Crippen LogP contribution is 2.27. The number of hydrogen-bond acceptors (Lipinski definition) is 3. The van der Waals surface area contributed by atoms with Gasteiger partial charge in [-0.1, -0.05) is 19.3 Å². The molecule has 18 heavy (non-hydrogen) atoms. The maximum Gasteiger partial charge on any atom is 0.261 e. The Kier molecular flexibility index (Phi) is 2.78. The zero-order chi connectivity index (χ0) is 12.5. The third-order valence-corrected chi connectivity index (χ3v) is 3.77. The number of aromatic nitrogens is 2. The van der Waals surface area contributed by atoms with E-state index in [4.69, 9.17) is 5.73 Å². The summed E-state index contributed by atoms with van der Waals surface area (Å²) in [6.07, 6.45) is 7.53. The van der Waals surface area contributed by atoms with Crippen molar-refractivity contribution in [3.63, 3.8) is 0 Å². The molecular formula is C14H17N3O. The van der Waals surface area contributed by atoms with Crippen molar-refractivity contribution in [1.29, 1.82) is 0 Å². The minimum Gasteiger partial charge on any atom is -0.399 e. The lowest BCUT2D eigenvalue weighted by Gasteiger charge is -2.23. The Balaban J connectivity index is 2.13. The topological polar surface area (TPSA) is 60.9 Å². The fraction of sp³-hybridized carbons (Fsp3) is 0.429. The molecule has 1 saturated carbocycles. The van der Waals surface area contributed by atoms with E-state index in [2.05, 4.69) is 4.98 Å². The first-order valence-electron chi connectivity index (χ1n) is 6.52. The first-order valence-corrected chi connectivity index (χ1v) is 6.52. The summed E-state index contributed by atoms with van der Waals surface area (Å²) >= 11 is 0. The average molecular weight is 243 g/mol. The lowest BCUT2D eigenvalue weighted by molar-refractivity contribution is 0.345. The van der Waals surface area contributed by atoms with Crippen LogP contribution in [0.5, 0.6) is 0 Å². The Morgan fingerprint density at radius 2 is 2.00 bits per heavy atom. The Bertz CT molecular complexity index is 626. The van der Waals surface area contributed by atoms with E-state index >= 15 is 0 Å². The molecule has 4 heteroatoms. The molecule has 1 aliphatic rings. The molecule has 94 valence electrons. The smallest absolute Gasteiger partial charge is 0.261 e. The minimum absolute atomic E-state index is 0.0409. The average Bonchev–Trinajstić information content (AvgIpc) is 2.41. The van der Waals surface area contributed by atoms with E-state index in [0.29, 0.717) is 17.1 Å². The van der Waals surface area contributed by atoms with Crippen LogP contribution in [-0.2, 0) is 0 Å². The van der Waals surface area contributed by atoms with Crippen LogP contribution in [0.25, 0.3) is 10.9 Å². The number of hydrogen-bond donors (Lipinski definition) is 1. The number of nitrogens with zero attached hydrogens (tertiary/aromatic N) is 2. The van der Waals surface area contributed by atoms with Crippen LogP contribution < -0.4 is 11.3 Å². The molecule has 0 atom stereocenters. The largest absolute Gasteiger partial charge is 0.399 e. The van der Waals surface area contributed by atoms with Gasteiger partial charge in [-0.15, -0.1) is 0 Å². The molecule has 0 saturated heterocycles.